The van der Waals surface area contributed by atoms with Crippen LogP contribution in [0.25, 0.3) is 6.08 Å². The molecule has 0 aliphatic rings. The van der Waals surface area contributed by atoms with Crippen LogP contribution in [0.5, 0.6) is 0 Å². The van der Waals surface area contributed by atoms with E-state index in [1.807, 2.05) is 0 Å². The highest BCUT2D eigenvalue weighted by molar-refractivity contribution is 8.00. The minimum atomic E-state index is -0.308. The molecule has 0 aliphatic carbocycles. The van der Waals surface area contributed by atoms with Crippen molar-refractivity contribution in [3.63, 3.8) is 0 Å². The minimum absolute atomic E-state index is 0.257. The molecule has 2 heterocycles. The lowest BCUT2D eigenvalue weighted by molar-refractivity contribution is -0.111. The largest absolute Gasteiger partial charge is 0.465 e. The Morgan fingerprint density at radius 3 is 2.88 bits per heavy atom. The molecule has 1 amide bonds. The highest BCUT2D eigenvalue weighted by Crippen LogP contribution is 2.28. The van der Waals surface area contributed by atoms with Gasteiger partial charge in [0, 0.05) is 11.8 Å². The Morgan fingerprint density at radius 2 is 2.12 bits per heavy atom. The summed E-state index contributed by atoms with van der Waals surface area (Å²) in [5, 5.41) is 11.0. The number of amides is 1. The Balaban J connectivity index is 1.51. The first-order valence-electron chi connectivity index (χ1n) is 6.92. The quantitative estimate of drug-likeness (QED) is 0.405. The summed E-state index contributed by atoms with van der Waals surface area (Å²) >= 11 is 2.76. The maximum absolute atomic E-state index is 12.8. The summed E-state index contributed by atoms with van der Waals surface area (Å²) in [7, 11) is 0. The van der Waals surface area contributed by atoms with E-state index < -0.39 is 0 Å². The highest BCUT2D eigenvalue weighted by atomic mass is 32.2. The molecule has 24 heavy (non-hydrogen) atoms. The second-order valence-corrected chi connectivity index (χ2v) is 6.83. The zero-order chi connectivity index (χ0) is 16.8. The number of carbonyl (C=O) groups excluding carboxylic acids is 1. The molecule has 0 unspecified atom stereocenters. The molecule has 5 nitrogen and oxygen atoms in total. The number of nitrogens with one attached hydrogen (secondary N) is 1. The molecule has 0 aliphatic heterocycles. The molecule has 3 rings (SSSR count). The van der Waals surface area contributed by atoms with Gasteiger partial charge in [-0.15, -0.1) is 10.2 Å². The molecule has 8 heteroatoms. The van der Waals surface area contributed by atoms with Crippen LogP contribution in [-0.4, -0.2) is 16.1 Å². The number of hydrogen-bond donors (Lipinski definition) is 1. The number of carbonyl (C=O) groups is 1. The maximum atomic E-state index is 12.8. The second-order valence-electron chi connectivity index (χ2n) is 4.63. The first-order valence-corrected chi connectivity index (χ1v) is 8.72. The molecule has 0 fully saturated rings. The average molecular weight is 361 g/mol. The molecule has 0 saturated carbocycles. The van der Waals surface area contributed by atoms with E-state index in [0.717, 1.165) is 9.90 Å². The van der Waals surface area contributed by atoms with Crippen LogP contribution in [0, 0.1) is 5.82 Å². The fraction of sp³-hybridized carbons (Fsp3) is 0.0625. The summed E-state index contributed by atoms with van der Waals surface area (Å²) in [4.78, 5) is 11.8. The number of thioether (sulfide) groups is 1. The van der Waals surface area contributed by atoms with Crippen molar-refractivity contribution in [3.05, 3.63) is 65.9 Å². The van der Waals surface area contributed by atoms with Gasteiger partial charge in [0.15, 0.2) is 4.34 Å². The van der Waals surface area contributed by atoms with E-state index in [0.29, 0.717) is 16.6 Å². The zero-order valence-electron chi connectivity index (χ0n) is 12.3. The van der Waals surface area contributed by atoms with Crippen LogP contribution in [0.4, 0.5) is 9.52 Å². The molecular formula is C16H12FN3O2S2. The predicted octanol–water partition coefficient (Wildman–Crippen LogP) is 4.21. The van der Waals surface area contributed by atoms with Gasteiger partial charge in [-0.2, -0.15) is 0 Å². The summed E-state index contributed by atoms with van der Waals surface area (Å²) in [6.45, 7) is 0. The SMILES string of the molecule is O=C(C=Cc1ccco1)Nc1nnc(SCc2ccc(F)cc2)s1. The van der Waals surface area contributed by atoms with Crippen LogP contribution < -0.4 is 5.32 Å². The van der Waals surface area contributed by atoms with Gasteiger partial charge in [-0.1, -0.05) is 35.2 Å². The van der Waals surface area contributed by atoms with E-state index in [2.05, 4.69) is 15.5 Å². The van der Waals surface area contributed by atoms with Crippen molar-refractivity contribution in [1.29, 1.82) is 0 Å². The van der Waals surface area contributed by atoms with Crippen molar-refractivity contribution in [3.8, 4) is 0 Å². The number of nitrogens with zero attached hydrogens (tertiary/aromatic N) is 2. The third kappa shape index (κ3) is 4.77. The average Bonchev–Trinajstić information content (AvgIpc) is 3.24. The molecular weight excluding hydrogens is 349 g/mol. The molecule has 0 spiro atoms. The number of halogens is 1. The summed E-state index contributed by atoms with van der Waals surface area (Å²) in [5.74, 6) is 0.684. The van der Waals surface area contributed by atoms with Gasteiger partial charge in [0.1, 0.15) is 11.6 Å². The molecule has 2 aromatic heterocycles. The Bertz CT molecular complexity index is 829. The number of rotatable bonds is 6. The molecule has 1 aromatic carbocycles. The summed E-state index contributed by atoms with van der Waals surface area (Å²) in [5.41, 5.74) is 0.989. The molecule has 0 bridgehead atoms. The van der Waals surface area contributed by atoms with Crippen molar-refractivity contribution >= 4 is 40.2 Å². The van der Waals surface area contributed by atoms with E-state index in [-0.39, 0.29) is 11.7 Å². The number of anilines is 1. The standard InChI is InChI=1S/C16H12FN3O2S2/c17-12-5-3-11(4-6-12)10-23-16-20-19-15(24-16)18-14(21)8-7-13-2-1-9-22-13/h1-9H,10H2,(H,18,19,21). The van der Waals surface area contributed by atoms with Gasteiger partial charge in [-0.3, -0.25) is 10.1 Å². The third-order valence-corrected chi connectivity index (χ3v) is 4.90. The zero-order valence-corrected chi connectivity index (χ0v) is 13.9. The number of hydrogen-bond acceptors (Lipinski definition) is 6. The minimum Gasteiger partial charge on any atom is -0.465 e. The van der Waals surface area contributed by atoms with Crippen molar-refractivity contribution in [2.75, 3.05) is 5.32 Å². The Labute approximate surface area is 145 Å². The van der Waals surface area contributed by atoms with Crippen molar-refractivity contribution in [2.45, 2.75) is 10.1 Å². The van der Waals surface area contributed by atoms with E-state index in [4.69, 9.17) is 4.42 Å². The van der Waals surface area contributed by atoms with E-state index in [1.54, 1.807) is 30.3 Å². The van der Waals surface area contributed by atoms with Crippen LogP contribution in [0.3, 0.4) is 0 Å². The van der Waals surface area contributed by atoms with Crippen LogP contribution in [0.1, 0.15) is 11.3 Å². The monoisotopic (exact) mass is 361 g/mol. The number of aromatic nitrogens is 2. The fourth-order valence-corrected chi connectivity index (χ4v) is 3.45. The molecule has 0 radical (unpaired) electrons. The van der Waals surface area contributed by atoms with E-state index >= 15 is 0 Å². The van der Waals surface area contributed by atoms with Crippen LogP contribution >= 0.6 is 23.1 Å². The number of benzene rings is 1. The summed E-state index contributed by atoms with van der Waals surface area (Å²) in [6.07, 6.45) is 4.47. The lowest BCUT2D eigenvalue weighted by atomic mass is 10.2. The second kappa shape index (κ2) is 7.89. The van der Waals surface area contributed by atoms with Crippen LogP contribution in [-0.2, 0) is 10.5 Å². The Kier molecular flexibility index (Phi) is 5.39. The first kappa shape index (κ1) is 16.4. The molecule has 122 valence electrons. The smallest absolute Gasteiger partial charge is 0.250 e. The van der Waals surface area contributed by atoms with Gasteiger partial charge in [0.25, 0.3) is 0 Å². The van der Waals surface area contributed by atoms with Gasteiger partial charge in [0.05, 0.1) is 6.26 Å². The topological polar surface area (TPSA) is 68.0 Å². The van der Waals surface area contributed by atoms with Gasteiger partial charge in [-0.05, 0) is 35.9 Å². The van der Waals surface area contributed by atoms with Crippen molar-refractivity contribution < 1.29 is 13.6 Å². The van der Waals surface area contributed by atoms with E-state index in [1.165, 1.54) is 47.6 Å². The Morgan fingerprint density at radius 1 is 1.29 bits per heavy atom. The maximum Gasteiger partial charge on any atom is 0.250 e. The van der Waals surface area contributed by atoms with Gasteiger partial charge in [-0.25, -0.2) is 4.39 Å². The molecule has 3 aromatic rings. The van der Waals surface area contributed by atoms with Gasteiger partial charge >= 0.3 is 0 Å². The van der Waals surface area contributed by atoms with Crippen LogP contribution in [0.15, 0.2) is 57.5 Å². The van der Waals surface area contributed by atoms with Crippen molar-refractivity contribution in [1.82, 2.24) is 10.2 Å². The van der Waals surface area contributed by atoms with Crippen LogP contribution in [0.2, 0.25) is 0 Å². The van der Waals surface area contributed by atoms with E-state index in [9.17, 15) is 9.18 Å². The lowest BCUT2D eigenvalue weighted by Crippen LogP contribution is -2.07. The summed E-state index contributed by atoms with van der Waals surface area (Å²) < 4.78 is 18.7. The first-order chi connectivity index (χ1) is 11.7. The summed E-state index contributed by atoms with van der Waals surface area (Å²) in [6, 6.07) is 9.79. The molecule has 0 atom stereocenters. The fourth-order valence-electron chi connectivity index (χ4n) is 1.74. The highest BCUT2D eigenvalue weighted by Gasteiger charge is 2.07. The molecule has 1 N–H and O–H groups in total. The third-order valence-electron chi connectivity index (χ3n) is 2.85. The lowest BCUT2D eigenvalue weighted by Gasteiger charge is -1.97. The molecule has 0 saturated heterocycles. The predicted molar refractivity (Wildman–Crippen MR) is 92.2 cm³/mol. The Hall–Kier alpha value is -2.45. The van der Waals surface area contributed by atoms with Gasteiger partial charge < -0.3 is 4.42 Å². The normalized spacial score (nSPS) is 11.0. The number of furan rings is 1. The van der Waals surface area contributed by atoms with Gasteiger partial charge in [0.2, 0.25) is 11.0 Å². The van der Waals surface area contributed by atoms with Crippen molar-refractivity contribution in [2.24, 2.45) is 0 Å².